The van der Waals surface area contributed by atoms with E-state index in [4.69, 9.17) is 0 Å². The number of amides is 1. The van der Waals surface area contributed by atoms with Crippen LogP contribution in [0, 0.1) is 0 Å². The molecule has 0 saturated carbocycles. The number of carbonyl (C=O) groups excluding carboxylic acids is 1. The zero-order valence-corrected chi connectivity index (χ0v) is 12.0. The Morgan fingerprint density at radius 2 is 2.16 bits per heavy atom. The molecule has 7 nitrogen and oxygen atoms in total. The fourth-order valence-corrected chi connectivity index (χ4v) is 2.64. The molecule has 8 heteroatoms. The Kier molecular flexibility index (Phi) is 3.09. The predicted octanol–water partition coefficient (Wildman–Crippen LogP) is 1.20. The molecule has 0 atom stereocenters. The van der Waals surface area contributed by atoms with Crippen LogP contribution in [0.3, 0.4) is 0 Å². The summed E-state index contributed by atoms with van der Waals surface area (Å²) in [5.74, 6) is 0.676. The number of aryl methyl sites for hydroxylation is 1. The number of halogens is 1. The van der Waals surface area contributed by atoms with Gasteiger partial charge in [0.05, 0.1) is 0 Å². The first-order chi connectivity index (χ1) is 9.15. The summed E-state index contributed by atoms with van der Waals surface area (Å²) in [5, 5.41) is 11.0. The highest BCUT2D eigenvalue weighted by Crippen LogP contribution is 2.19. The van der Waals surface area contributed by atoms with Crippen molar-refractivity contribution in [2.75, 3.05) is 13.1 Å². The largest absolute Gasteiger partial charge is 0.336 e. The monoisotopic (exact) mass is 324 g/mol. The van der Waals surface area contributed by atoms with Crippen molar-refractivity contribution in [1.82, 2.24) is 29.9 Å². The molecule has 1 saturated heterocycles. The van der Waals surface area contributed by atoms with E-state index in [9.17, 15) is 4.79 Å². The van der Waals surface area contributed by atoms with E-state index in [0.29, 0.717) is 10.4 Å². The molecule has 1 aliphatic heterocycles. The molecule has 0 aliphatic carbocycles. The normalized spacial score (nSPS) is 15.2. The topological polar surface area (TPSA) is 79.7 Å². The number of rotatable bonds is 2. The molecule has 1 fully saturated rings. The van der Waals surface area contributed by atoms with Gasteiger partial charge in [0.15, 0.2) is 5.82 Å². The van der Waals surface area contributed by atoms with Gasteiger partial charge in [-0.2, -0.15) is 10.2 Å². The van der Waals surface area contributed by atoms with Crippen LogP contribution in [0.15, 0.2) is 10.7 Å². The lowest BCUT2D eigenvalue weighted by atomic mass is 10.4. The summed E-state index contributed by atoms with van der Waals surface area (Å²) in [6.45, 7) is 1.60. The number of hydrogen-bond donors (Lipinski definition) is 1. The van der Waals surface area contributed by atoms with Crippen LogP contribution in [0.2, 0.25) is 0 Å². The molecule has 100 valence electrons. The lowest BCUT2D eigenvalue weighted by Crippen LogP contribution is -2.28. The van der Waals surface area contributed by atoms with E-state index in [1.807, 2.05) is 6.07 Å². The molecule has 1 aliphatic rings. The molecular formula is C11H13BrN6O. The van der Waals surface area contributed by atoms with Crippen LogP contribution in [-0.2, 0) is 7.05 Å². The summed E-state index contributed by atoms with van der Waals surface area (Å²) in [7, 11) is 1.80. The molecule has 0 aromatic carbocycles. The fraction of sp³-hybridized carbons (Fsp3) is 0.455. The van der Waals surface area contributed by atoms with Crippen molar-refractivity contribution < 1.29 is 4.79 Å². The maximum atomic E-state index is 12.1. The molecule has 19 heavy (non-hydrogen) atoms. The first-order valence-electron chi connectivity index (χ1n) is 6.07. The van der Waals surface area contributed by atoms with E-state index >= 15 is 0 Å². The predicted molar refractivity (Wildman–Crippen MR) is 71.4 cm³/mol. The summed E-state index contributed by atoms with van der Waals surface area (Å²) >= 11 is 3.30. The molecule has 1 N–H and O–H groups in total. The highest BCUT2D eigenvalue weighted by molar-refractivity contribution is 9.10. The second-order valence-electron chi connectivity index (χ2n) is 4.48. The Balaban J connectivity index is 1.87. The van der Waals surface area contributed by atoms with Crippen molar-refractivity contribution >= 4 is 21.8 Å². The number of likely N-dealkylation sites (tertiary alicyclic amines) is 1. The maximum absolute atomic E-state index is 12.1. The number of nitrogens with zero attached hydrogens (tertiary/aromatic N) is 5. The lowest BCUT2D eigenvalue weighted by molar-refractivity contribution is 0.0781. The van der Waals surface area contributed by atoms with Gasteiger partial charge in [-0.15, -0.1) is 0 Å². The van der Waals surface area contributed by atoms with Crippen LogP contribution in [-0.4, -0.2) is 48.9 Å². The molecule has 3 heterocycles. The van der Waals surface area contributed by atoms with Gasteiger partial charge < -0.3 is 4.90 Å². The third-order valence-corrected chi connectivity index (χ3v) is 3.55. The molecule has 0 spiro atoms. The third kappa shape index (κ3) is 2.27. The van der Waals surface area contributed by atoms with E-state index < -0.39 is 0 Å². The van der Waals surface area contributed by atoms with Crippen molar-refractivity contribution in [2.45, 2.75) is 12.8 Å². The quantitative estimate of drug-likeness (QED) is 0.900. The van der Waals surface area contributed by atoms with Gasteiger partial charge >= 0.3 is 0 Å². The molecule has 3 rings (SSSR count). The van der Waals surface area contributed by atoms with Gasteiger partial charge in [-0.3, -0.25) is 14.6 Å². The fourth-order valence-electron chi connectivity index (χ4n) is 2.18. The highest BCUT2D eigenvalue weighted by atomic mass is 79.9. The Hall–Kier alpha value is -1.70. The Labute approximate surface area is 118 Å². The van der Waals surface area contributed by atoms with Crippen LogP contribution in [0.25, 0.3) is 11.5 Å². The van der Waals surface area contributed by atoms with Gasteiger partial charge in [0.25, 0.3) is 5.91 Å². The second-order valence-corrected chi connectivity index (χ2v) is 5.30. The molecule has 0 radical (unpaired) electrons. The lowest BCUT2D eigenvalue weighted by Gasteiger charge is -2.12. The average Bonchev–Trinajstić information content (AvgIpc) is 3.08. The third-order valence-electron chi connectivity index (χ3n) is 3.16. The number of carbonyl (C=O) groups is 1. The highest BCUT2D eigenvalue weighted by Gasteiger charge is 2.23. The zero-order valence-electron chi connectivity index (χ0n) is 10.4. The van der Waals surface area contributed by atoms with Gasteiger partial charge in [-0.25, -0.2) is 4.98 Å². The zero-order chi connectivity index (χ0) is 13.4. The van der Waals surface area contributed by atoms with Crippen LogP contribution in [0.5, 0.6) is 0 Å². The molecule has 1 amide bonds. The number of aromatic nitrogens is 5. The van der Waals surface area contributed by atoms with E-state index in [-0.39, 0.29) is 11.7 Å². The van der Waals surface area contributed by atoms with E-state index in [1.54, 1.807) is 16.6 Å². The SMILES string of the molecule is Cn1nc(Br)cc1-c1n[nH]c(C(=O)N2CCCC2)n1. The summed E-state index contributed by atoms with van der Waals surface area (Å²) < 4.78 is 2.37. The summed E-state index contributed by atoms with van der Waals surface area (Å²) in [5.41, 5.74) is 0.753. The first-order valence-corrected chi connectivity index (χ1v) is 6.86. The Bertz CT molecular complexity index is 612. The van der Waals surface area contributed by atoms with Crippen molar-refractivity contribution in [3.8, 4) is 11.5 Å². The van der Waals surface area contributed by atoms with E-state index in [1.165, 1.54) is 0 Å². The van der Waals surface area contributed by atoms with Crippen molar-refractivity contribution in [3.05, 3.63) is 16.5 Å². The van der Waals surface area contributed by atoms with Gasteiger partial charge in [0.1, 0.15) is 10.3 Å². The minimum atomic E-state index is -0.0857. The standard InChI is InChI=1S/C11H13BrN6O/c1-17-7(6-8(12)16-17)9-13-10(15-14-9)11(19)18-4-2-3-5-18/h6H,2-5H2,1H3,(H,13,14,15). The summed E-state index contributed by atoms with van der Waals surface area (Å²) in [6, 6.07) is 1.81. The molecular weight excluding hydrogens is 312 g/mol. The summed E-state index contributed by atoms with van der Waals surface area (Å²) in [6.07, 6.45) is 2.11. The van der Waals surface area contributed by atoms with Crippen molar-refractivity contribution in [3.63, 3.8) is 0 Å². The minimum Gasteiger partial charge on any atom is -0.336 e. The number of H-pyrrole nitrogens is 1. The maximum Gasteiger partial charge on any atom is 0.291 e. The Morgan fingerprint density at radius 1 is 1.42 bits per heavy atom. The molecule has 0 unspecified atom stereocenters. The van der Waals surface area contributed by atoms with Gasteiger partial charge in [0.2, 0.25) is 5.82 Å². The number of hydrogen-bond acceptors (Lipinski definition) is 4. The number of aromatic amines is 1. The molecule has 2 aromatic rings. The molecule has 2 aromatic heterocycles. The first kappa shape index (κ1) is 12.3. The number of nitrogens with one attached hydrogen (secondary N) is 1. The van der Waals surface area contributed by atoms with Crippen LogP contribution in [0.4, 0.5) is 0 Å². The average molecular weight is 325 g/mol. The van der Waals surface area contributed by atoms with E-state index in [0.717, 1.165) is 31.6 Å². The van der Waals surface area contributed by atoms with Gasteiger partial charge in [0, 0.05) is 26.2 Å². The molecule has 0 bridgehead atoms. The van der Waals surface area contributed by atoms with Crippen LogP contribution < -0.4 is 0 Å². The smallest absolute Gasteiger partial charge is 0.291 e. The second kappa shape index (κ2) is 4.76. The minimum absolute atomic E-state index is 0.0857. The van der Waals surface area contributed by atoms with Crippen molar-refractivity contribution in [2.24, 2.45) is 7.05 Å². The van der Waals surface area contributed by atoms with E-state index in [2.05, 4.69) is 36.2 Å². The van der Waals surface area contributed by atoms with Gasteiger partial charge in [-0.1, -0.05) is 0 Å². The van der Waals surface area contributed by atoms with Crippen LogP contribution in [0.1, 0.15) is 23.5 Å². The van der Waals surface area contributed by atoms with Crippen molar-refractivity contribution in [1.29, 1.82) is 0 Å². The Morgan fingerprint density at radius 3 is 2.79 bits per heavy atom. The van der Waals surface area contributed by atoms with Gasteiger partial charge in [-0.05, 0) is 28.8 Å². The van der Waals surface area contributed by atoms with Crippen LogP contribution >= 0.6 is 15.9 Å². The summed E-state index contributed by atoms with van der Waals surface area (Å²) in [4.78, 5) is 18.2.